The first kappa shape index (κ1) is 69.9. The number of allylic oxidation sites excluding steroid dienone is 8. The van der Waals surface area contributed by atoms with Crippen molar-refractivity contribution in [2.24, 2.45) is 23.7 Å². The lowest BCUT2D eigenvalue weighted by Crippen LogP contribution is -2.72. The first-order valence-electron chi connectivity index (χ1n) is 33.3. The minimum absolute atomic E-state index is 0.00293. The summed E-state index contributed by atoms with van der Waals surface area (Å²) in [6.45, 7) is 29.2. The van der Waals surface area contributed by atoms with Gasteiger partial charge in [0.15, 0.2) is 45.5 Å². The molecular formula is C76H92O20. The Morgan fingerprint density at radius 1 is 0.562 bits per heavy atom. The van der Waals surface area contributed by atoms with Crippen molar-refractivity contribution in [3.05, 3.63) is 116 Å². The van der Waals surface area contributed by atoms with E-state index in [1.807, 2.05) is 81.4 Å². The Kier molecular flexibility index (Phi) is 17.2. The van der Waals surface area contributed by atoms with Crippen LogP contribution in [0, 0.1) is 23.7 Å². The monoisotopic (exact) mass is 1320 g/mol. The van der Waals surface area contributed by atoms with Crippen LogP contribution in [0.5, 0.6) is 34.5 Å². The third kappa shape index (κ3) is 10.8. The van der Waals surface area contributed by atoms with Gasteiger partial charge in [-0.1, -0.05) is 35.5 Å². The van der Waals surface area contributed by atoms with Crippen LogP contribution in [0.15, 0.2) is 82.4 Å². The van der Waals surface area contributed by atoms with E-state index < -0.39 is 103 Å². The summed E-state index contributed by atoms with van der Waals surface area (Å²) in [7, 11) is 0. The van der Waals surface area contributed by atoms with Gasteiger partial charge in [-0.3, -0.25) is 28.8 Å². The van der Waals surface area contributed by atoms with Crippen LogP contribution in [0.2, 0.25) is 0 Å². The molecule has 4 fully saturated rings. The lowest BCUT2D eigenvalue weighted by molar-refractivity contribution is -0.172. The number of phenols is 2. The first-order valence-corrected chi connectivity index (χ1v) is 33.3. The zero-order chi connectivity index (χ0) is 70.4. The van der Waals surface area contributed by atoms with Crippen molar-refractivity contribution in [1.82, 2.24) is 0 Å². The van der Waals surface area contributed by atoms with Gasteiger partial charge in [-0.2, -0.15) is 0 Å². The number of aromatic hydroxyl groups is 2. The Bertz CT molecular complexity index is 3690. The summed E-state index contributed by atoms with van der Waals surface area (Å²) in [5.74, 6) is -2.23. The summed E-state index contributed by atoms with van der Waals surface area (Å²) >= 11 is 0. The summed E-state index contributed by atoms with van der Waals surface area (Å²) < 4.78 is 51.2. The number of hydrogen-bond acceptors (Lipinski definition) is 20. The number of rotatable bonds is 20. The van der Waals surface area contributed by atoms with Crippen LogP contribution in [0.3, 0.4) is 0 Å². The van der Waals surface area contributed by atoms with Crippen LogP contribution in [0.1, 0.15) is 205 Å². The molecule has 14 rings (SSSR count). The number of hydrogen-bond donors (Lipinski definition) is 6. The quantitative estimate of drug-likeness (QED) is 0.0408. The number of carbonyl (C=O) groups is 6. The Morgan fingerprint density at radius 2 is 0.917 bits per heavy atom. The van der Waals surface area contributed by atoms with Crippen LogP contribution in [0.4, 0.5) is 0 Å². The summed E-state index contributed by atoms with van der Waals surface area (Å²) in [4.78, 5) is 80.4. The lowest BCUT2D eigenvalue weighted by atomic mass is 9.51. The molecule has 0 aromatic heterocycles. The Balaban J connectivity index is 0.000000195. The topological polar surface area (TPSA) is 298 Å². The molecule has 12 aliphatic rings. The molecule has 6 aliphatic carbocycles. The van der Waals surface area contributed by atoms with Gasteiger partial charge in [0, 0.05) is 58.8 Å². The maximum atomic E-state index is 14.8. The number of Topliss-reactive ketones (excluding diaryl/α,β-unsaturated/α-hetero) is 4. The predicted octanol–water partition coefficient (Wildman–Crippen LogP) is 10.9. The molecule has 2 saturated heterocycles. The molecule has 0 radical (unpaired) electrons. The normalized spacial score (nSPS) is 31.5. The molecule has 2 aromatic rings. The van der Waals surface area contributed by atoms with E-state index in [1.165, 1.54) is 0 Å². The van der Waals surface area contributed by atoms with Crippen LogP contribution in [-0.2, 0) is 51.0 Å². The summed E-state index contributed by atoms with van der Waals surface area (Å²) in [6.07, 6.45) is 18.3. The highest BCUT2D eigenvalue weighted by Crippen LogP contribution is 2.71. The van der Waals surface area contributed by atoms with Crippen molar-refractivity contribution in [2.75, 3.05) is 0 Å². The van der Waals surface area contributed by atoms with E-state index in [9.17, 15) is 59.4 Å². The van der Waals surface area contributed by atoms with Gasteiger partial charge in [0.1, 0.15) is 68.3 Å². The SMILES string of the molecule is CC(C)=CCc1c2c(c(O)c3c1O[C@]14C(=CC5CC1C(C)(C)O[C@]4(C/C=C(/C)OC=O)C5=O)C3=O)C=C[C@@](C)(CCC(O)C(C)(C)O)O2.CC(C)=CCc1c2c(c(O)c3c1O[C@]14C(=CC5CC1C(C)(C)O[C@]4(C/C=C(/C)OC=O)C5=O)C3=O)C=C[C@](C)(CCC(O)C(C)(C)O)O2. The molecule has 0 amide bonds. The molecule has 20 heteroatoms. The Labute approximate surface area is 560 Å². The second-order valence-electron chi connectivity index (χ2n) is 31.0. The van der Waals surface area contributed by atoms with Gasteiger partial charge in [-0.05, 0) is 199 Å². The van der Waals surface area contributed by atoms with Gasteiger partial charge in [0.25, 0.3) is 12.9 Å². The van der Waals surface area contributed by atoms with Crippen molar-refractivity contribution in [3.63, 3.8) is 0 Å². The minimum Gasteiger partial charge on any atom is -0.506 e. The smallest absolute Gasteiger partial charge is 0.298 e. The molecule has 6 N–H and O–H groups in total. The number of phenolic OH excluding ortho intramolecular Hbond substituents is 2. The van der Waals surface area contributed by atoms with Gasteiger partial charge in [0.2, 0.25) is 0 Å². The number of ketones is 4. The van der Waals surface area contributed by atoms with E-state index in [0.29, 0.717) is 96.4 Å². The van der Waals surface area contributed by atoms with Crippen molar-refractivity contribution in [1.29, 1.82) is 0 Å². The number of benzene rings is 2. The standard InChI is InChI=1S/2C38H46O10/c2*1-20(2)9-10-24-31-23(12-14-36(8,46-31)15-13-27(40)34(4,5)44)29(41)28-30(42)25-17-22-18-26-35(6,7)48-37(33(22)43,16-11-21(3)45-19-39)38(25,26)47-32(24)28/h2*9,11-12,14,17,19,22,26-27,40-41,44H,10,13,15-16,18H2,1-8H3/b2*21-11-/t22?,26?,27?,36-,37+,38+;22?,26?,27?,36-,37-,38-/m01/s1. The Morgan fingerprint density at radius 3 is 1.24 bits per heavy atom. The molecular weight excluding hydrogens is 1230 g/mol. The number of ether oxygens (including phenoxy) is 8. The zero-order valence-electron chi connectivity index (χ0n) is 57.9. The van der Waals surface area contributed by atoms with Crippen LogP contribution >= 0.6 is 0 Å². The average molecular weight is 1330 g/mol. The molecule has 516 valence electrons. The van der Waals surface area contributed by atoms with E-state index >= 15 is 0 Å². The average Bonchev–Trinajstić information content (AvgIpc) is 1.41. The zero-order valence-corrected chi connectivity index (χ0v) is 57.9. The molecule has 20 nitrogen and oxygen atoms in total. The van der Waals surface area contributed by atoms with Gasteiger partial charge in [-0.15, -0.1) is 0 Å². The summed E-state index contributed by atoms with van der Waals surface area (Å²) in [6, 6.07) is 0. The molecule has 2 spiro atoms. The molecule has 2 saturated carbocycles. The second-order valence-corrected chi connectivity index (χ2v) is 31.0. The maximum absolute atomic E-state index is 14.8. The highest BCUT2D eigenvalue weighted by Gasteiger charge is 2.83. The first-order chi connectivity index (χ1) is 44.6. The molecule has 2 aromatic carbocycles. The van der Waals surface area contributed by atoms with Gasteiger partial charge < -0.3 is 68.5 Å². The van der Waals surface area contributed by atoms with E-state index in [2.05, 4.69) is 0 Å². The highest BCUT2D eigenvalue weighted by atomic mass is 16.6. The van der Waals surface area contributed by atoms with Crippen molar-refractivity contribution < 1.29 is 97.3 Å². The fraction of sp³-hybridized carbons (Fsp3) is 0.553. The molecule has 96 heavy (non-hydrogen) atoms. The second kappa shape index (κ2) is 23.6. The van der Waals surface area contributed by atoms with Gasteiger partial charge >= 0.3 is 0 Å². The molecule has 6 heterocycles. The third-order valence-electron chi connectivity index (χ3n) is 21.8. The largest absolute Gasteiger partial charge is 0.506 e. The van der Waals surface area contributed by atoms with Crippen molar-refractivity contribution in [2.45, 2.75) is 243 Å². The molecule has 8 bridgehead atoms. The minimum atomic E-state index is -1.60. The number of aliphatic hydroxyl groups excluding tert-OH is 2. The van der Waals surface area contributed by atoms with Crippen molar-refractivity contribution in [3.8, 4) is 34.5 Å². The maximum Gasteiger partial charge on any atom is 0.298 e. The number of fused-ring (bicyclic) bond motifs is 4. The van der Waals surface area contributed by atoms with Gasteiger partial charge in [-0.25, -0.2) is 0 Å². The fourth-order valence-corrected chi connectivity index (χ4v) is 16.7. The van der Waals surface area contributed by atoms with E-state index in [4.69, 9.17) is 37.9 Å². The molecule has 12 atom stereocenters. The lowest BCUT2D eigenvalue weighted by Gasteiger charge is -2.56. The van der Waals surface area contributed by atoms with E-state index in [0.717, 1.165) is 11.1 Å². The number of carbonyl (C=O) groups excluding carboxylic acids is 6. The predicted molar refractivity (Wildman–Crippen MR) is 353 cm³/mol. The summed E-state index contributed by atoms with van der Waals surface area (Å²) in [5.41, 5.74) is -8.02. The summed E-state index contributed by atoms with van der Waals surface area (Å²) in [5, 5.41) is 65.4. The van der Waals surface area contributed by atoms with Crippen LogP contribution < -0.4 is 18.9 Å². The van der Waals surface area contributed by atoms with Crippen molar-refractivity contribution >= 4 is 48.2 Å². The highest BCUT2D eigenvalue weighted by molar-refractivity contribution is 6.20. The Hall–Kier alpha value is -7.46. The fourth-order valence-electron chi connectivity index (χ4n) is 16.7. The van der Waals surface area contributed by atoms with Crippen LogP contribution in [-0.4, -0.2) is 135 Å². The molecule has 6 aliphatic heterocycles. The van der Waals surface area contributed by atoms with Gasteiger partial charge in [0.05, 0.1) is 45.7 Å². The van der Waals surface area contributed by atoms with Crippen LogP contribution in [0.25, 0.3) is 12.2 Å². The molecule has 6 unspecified atom stereocenters. The number of aliphatic hydroxyl groups is 4. The van der Waals surface area contributed by atoms with E-state index in [1.54, 1.807) is 90.2 Å². The van der Waals surface area contributed by atoms with E-state index in [-0.39, 0.29) is 82.9 Å². The third-order valence-corrected chi connectivity index (χ3v) is 21.8.